The Labute approximate surface area is 135 Å². The highest BCUT2D eigenvalue weighted by molar-refractivity contribution is 6.01. The highest BCUT2D eigenvalue weighted by Crippen LogP contribution is 2.26. The third-order valence-corrected chi connectivity index (χ3v) is 4.95. The van der Waals surface area contributed by atoms with Gasteiger partial charge >= 0.3 is 0 Å². The van der Waals surface area contributed by atoms with Crippen molar-refractivity contribution in [1.29, 1.82) is 0 Å². The topological polar surface area (TPSA) is 61.1 Å². The first kappa shape index (κ1) is 14.5. The third-order valence-electron chi connectivity index (χ3n) is 4.95. The van der Waals surface area contributed by atoms with Gasteiger partial charge in [0, 0.05) is 38.1 Å². The van der Waals surface area contributed by atoms with E-state index in [1.807, 2.05) is 6.20 Å². The molecule has 0 bridgehead atoms. The molecule has 1 N–H and O–H groups in total. The second-order valence-corrected chi connectivity index (χ2v) is 6.94. The van der Waals surface area contributed by atoms with Gasteiger partial charge in [-0.3, -0.25) is 4.79 Å². The number of hydrogen-bond donors (Lipinski definition) is 1. The van der Waals surface area contributed by atoms with Crippen LogP contribution in [0.2, 0.25) is 0 Å². The highest BCUT2D eigenvalue weighted by atomic mass is 16.3. The number of nitrogens with zero attached hydrogens (tertiary/aromatic N) is 4. The van der Waals surface area contributed by atoms with Gasteiger partial charge in [0.15, 0.2) is 0 Å². The molecule has 2 fully saturated rings. The lowest BCUT2D eigenvalue weighted by Gasteiger charge is -2.19. The van der Waals surface area contributed by atoms with Crippen LogP contribution in [0.4, 0.5) is 5.69 Å². The van der Waals surface area contributed by atoms with Crippen LogP contribution in [0.25, 0.3) is 5.52 Å². The maximum absolute atomic E-state index is 12.8. The SMILES string of the molecule is CC1(O)CCN(C(=O)c2cnn3ccc(N4CCCC4)cc23)C1. The first-order valence-electron chi connectivity index (χ1n) is 8.28. The van der Waals surface area contributed by atoms with E-state index in [1.54, 1.807) is 22.5 Å². The summed E-state index contributed by atoms with van der Waals surface area (Å²) >= 11 is 0. The monoisotopic (exact) mass is 314 g/mol. The van der Waals surface area contributed by atoms with Crippen molar-refractivity contribution in [3.8, 4) is 0 Å². The number of hydrogen-bond acceptors (Lipinski definition) is 4. The number of amides is 1. The molecule has 2 aliphatic heterocycles. The quantitative estimate of drug-likeness (QED) is 0.913. The van der Waals surface area contributed by atoms with E-state index < -0.39 is 5.60 Å². The molecule has 23 heavy (non-hydrogen) atoms. The van der Waals surface area contributed by atoms with E-state index >= 15 is 0 Å². The average Bonchev–Trinajstić information content (AvgIpc) is 3.24. The summed E-state index contributed by atoms with van der Waals surface area (Å²) in [5.74, 6) is -0.0450. The molecule has 2 aromatic heterocycles. The van der Waals surface area contributed by atoms with Gasteiger partial charge in [0.05, 0.1) is 22.9 Å². The van der Waals surface area contributed by atoms with Gasteiger partial charge in [-0.05, 0) is 38.3 Å². The van der Waals surface area contributed by atoms with Crippen molar-refractivity contribution in [3.05, 3.63) is 30.1 Å². The standard InChI is InChI=1S/C17H22N4O2/c1-17(23)5-9-20(12-17)16(22)14-11-18-21-8-4-13(10-15(14)21)19-6-2-3-7-19/h4,8,10-11,23H,2-3,5-7,9,12H2,1H3. The summed E-state index contributed by atoms with van der Waals surface area (Å²) in [7, 11) is 0. The summed E-state index contributed by atoms with van der Waals surface area (Å²) in [6.45, 7) is 4.90. The number of aliphatic hydroxyl groups is 1. The molecule has 0 aliphatic carbocycles. The summed E-state index contributed by atoms with van der Waals surface area (Å²) in [6.07, 6.45) is 6.62. The Bertz CT molecular complexity index is 746. The molecule has 2 saturated heterocycles. The van der Waals surface area contributed by atoms with E-state index in [0.717, 1.165) is 24.3 Å². The van der Waals surface area contributed by atoms with Crippen LogP contribution in [-0.4, -0.2) is 57.3 Å². The minimum atomic E-state index is -0.778. The predicted molar refractivity (Wildman–Crippen MR) is 87.8 cm³/mol. The van der Waals surface area contributed by atoms with Crippen LogP contribution >= 0.6 is 0 Å². The maximum atomic E-state index is 12.8. The second kappa shape index (κ2) is 5.23. The van der Waals surface area contributed by atoms with E-state index in [9.17, 15) is 9.90 Å². The Balaban J connectivity index is 1.67. The lowest BCUT2D eigenvalue weighted by molar-refractivity contribution is 0.0573. The van der Waals surface area contributed by atoms with Crippen LogP contribution in [-0.2, 0) is 0 Å². The number of rotatable bonds is 2. The molecular formula is C17H22N4O2. The minimum absolute atomic E-state index is 0.0450. The van der Waals surface area contributed by atoms with Crippen molar-refractivity contribution >= 4 is 17.1 Å². The first-order valence-corrected chi connectivity index (χ1v) is 8.28. The number of β-amino-alcohol motifs (C(OH)–C–C–N with tert-alkyl or cyclic N) is 1. The van der Waals surface area contributed by atoms with Crippen molar-refractivity contribution < 1.29 is 9.90 Å². The van der Waals surface area contributed by atoms with Crippen molar-refractivity contribution in [2.75, 3.05) is 31.1 Å². The van der Waals surface area contributed by atoms with Gasteiger partial charge in [0.1, 0.15) is 0 Å². The zero-order valence-corrected chi connectivity index (χ0v) is 13.4. The van der Waals surface area contributed by atoms with Crippen LogP contribution in [0, 0.1) is 0 Å². The van der Waals surface area contributed by atoms with E-state index in [4.69, 9.17) is 0 Å². The molecule has 2 aromatic rings. The van der Waals surface area contributed by atoms with E-state index in [-0.39, 0.29) is 5.91 Å². The summed E-state index contributed by atoms with van der Waals surface area (Å²) in [4.78, 5) is 16.9. The molecule has 6 heteroatoms. The summed E-state index contributed by atoms with van der Waals surface area (Å²) in [5, 5.41) is 14.4. The van der Waals surface area contributed by atoms with Gasteiger partial charge in [-0.15, -0.1) is 0 Å². The van der Waals surface area contributed by atoms with Gasteiger partial charge in [-0.1, -0.05) is 0 Å². The van der Waals surface area contributed by atoms with Crippen LogP contribution < -0.4 is 4.90 Å². The number of carbonyl (C=O) groups is 1. The zero-order valence-electron chi connectivity index (χ0n) is 13.4. The van der Waals surface area contributed by atoms with E-state index in [0.29, 0.717) is 25.1 Å². The van der Waals surface area contributed by atoms with Gasteiger partial charge in [-0.25, -0.2) is 4.52 Å². The van der Waals surface area contributed by atoms with Crippen molar-refractivity contribution in [2.45, 2.75) is 31.8 Å². The first-order chi connectivity index (χ1) is 11.0. The molecular weight excluding hydrogens is 292 g/mol. The molecule has 1 amide bonds. The summed E-state index contributed by atoms with van der Waals surface area (Å²) in [6, 6.07) is 4.11. The fourth-order valence-electron chi connectivity index (χ4n) is 3.60. The Kier molecular flexibility index (Phi) is 3.30. The molecule has 0 saturated carbocycles. The third kappa shape index (κ3) is 2.57. The second-order valence-electron chi connectivity index (χ2n) is 6.94. The summed E-state index contributed by atoms with van der Waals surface area (Å²) < 4.78 is 1.75. The zero-order chi connectivity index (χ0) is 16.0. The normalized spacial score (nSPS) is 24.8. The number of pyridine rings is 1. The molecule has 0 spiro atoms. The Morgan fingerprint density at radius 2 is 2.09 bits per heavy atom. The van der Waals surface area contributed by atoms with Crippen LogP contribution in [0.5, 0.6) is 0 Å². The van der Waals surface area contributed by atoms with E-state index in [2.05, 4.69) is 22.1 Å². The van der Waals surface area contributed by atoms with E-state index in [1.165, 1.54) is 12.8 Å². The fourth-order valence-corrected chi connectivity index (χ4v) is 3.60. The van der Waals surface area contributed by atoms with Crippen molar-refractivity contribution in [2.24, 2.45) is 0 Å². The highest BCUT2D eigenvalue weighted by Gasteiger charge is 2.35. The lowest BCUT2D eigenvalue weighted by atomic mass is 10.1. The molecule has 4 heterocycles. The largest absolute Gasteiger partial charge is 0.388 e. The molecule has 6 nitrogen and oxygen atoms in total. The lowest BCUT2D eigenvalue weighted by Crippen LogP contribution is -2.33. The van der Waals surface area contributed by atoms with Crippen molar-refractivity contribution in [3.63, 3.8) is 0 Å². The number of carbonyl (C=O) groups excluding carboxylic acids is 1. The molecule has 0 aromatic carbocycles. The fraction of sp³-hybridized carbons (Fsp3) is 0.529. The Hall–Kier alpha value is -2.08. The van der Waals surface area contributed by atoms with Gasteiger partial charge in [0.25, 0.3) is 5.91 Å². The van der Waals surface area contributed by atoms with Gasteiger partial charge < -0.3 is 14.9 Å². The number of anilines is 1. The van der Waals surface area contributed by atoms with Crippen LogP contribution in [0.1, 0.15) is 36.5 Å². The predicted octanol–water partition coefficient (Wildman–Crippen LogP) is 1.53. The average molecular weight is 314 g/mol. The molecule has 4 rings (SSSR count). The van der Waals surface area contributed by atoms with Gasteiger partial charge in [-0.2, -0.15) is 5.10 Å². The van der Waals surface area contributed by atoms with Crippen molar-refractivity contribution in [1.82, 2.24) is 14.5 Å². The van der Waals surface area contributed by atoms with Gasteiger partial charge in [0.2, 0.25) is 0 Å². The molecule has 0 radical (unpaired) electrons. The van der Waals surface area contributed by atoms with Crippen LogP contribution in [0.3, 0.4) is 0 Å². The number of likely N-dealkylation sites (tertiary alicyclic amines) is 1. The minimum Gasteiger partial charge on any atom is -0.388 e. The Morgan fingerprint density at radius 3 is 2.78 bits per heavy atom. The molecule has 2 aliphatic rings. The molecule has 1 atom stereocenters. The Morgan fingerprint density at radius 1 is 1.30 bits per heavy atom. The smallest absolute Gasteiger partial charge is 0.257 e. The summed E-state index contributed by atoms with van der Waals surface area (Å²) in [5.41, 5.74) is 1.83. The molecule has 1 unspecified atom stereocenters. The molecule has 122 valence electrons. The van der Waals surface area contributed by atoms with Crippen LogP contribution in [0.15, 0.2) is 24.5 Å². The number of aromatic nitrogens is 2. The number of fused-ring (bicyclic) bond motifs is 1. The maximum Gasteiger partial charge on any atom is 0.257 e.